The number of nitrogens with two attached hydrogens (primary N) is 1. The zero-order valence-corrected chi connectivity index (χ0v) is 7.71. The van der Waals surface area contributed by atoms with Crippen molar-refractivity contribution in [3.8, 4) is 0 Å². The predicted octanol–water partition coefficient (Wildman–Crippen LogP) is 2.02. The number of hydrogen-bond donors (Lipinski definition) is 1. The second-order valence-electron chi connectivity index (χ2n) is 5.23. The van der Waals surface area contributed by atoms with Crippen LogP contribution in [0.3, 0.4) is 0 Å². The van der Waals surface area contributed by atoms with Gasteiger partial charge in [-0.05, 0) is 61.8 Å². The first kappa shape index (κ1) is 7.37. The Bertz CT molecular complexity index is 189. The molecule has 0 spiro atoms. The molecule has 3 fully saturated rings. The fraction of sp³-hybridized carbons (Fsp3) is 1.00. The fourth-order valence-corrected chi connectivity index (χ4v) is 3.88. The van der Waals surface area contributed by atoms with E-state index in [2.05, 4.69) is 0 Å². The van der Waals surface area contributed by atoms with E-state index in [0.29, 0.717) is 0 Å². The SMILES string of the molecule is NC[C@@H]1C[C@H]1C1CC2CCC1C2. The van der Waals surface area contributed by atoms with Crippen LogP contribution >= 0.6 is 0 Å². The van der Waals surface area contributed by atoms with E-state index in [1.807, 2.05) is 0 Å². The highest BCUT2D eigenvalue weighted by molar-refractivity contribution is 5.00. The Hall–Kier alpha value is -0.0400. The molecule has 5 atom stereocenters. The van der Waals surface area contributed by atoms with Gasteiger partial charge in [0.2, 0.25) is 0 Å². The van der Waals surface area contributed by atoms with Crippen LogP contribution in [0, 0.1) is 29.6 Å². The summed E-state index contributed by atoms with van der Waals surface area (Å²) in [6.07, 6.45) is 7.68. The van der Waals surface area contributed by atoms with Crippen molar-refractivity contribution in [2.75, 3.05) is 6.54 Å². The zero-order chi connectivity index (χ0) is 8.13. The van der Waals surface area contributed by atoms with Crippen molar-refractivity contribution in [1.82, 2.24) is 0 Å². The number of rotatable bonds is 2. The minimum Gasteiger partial charge on any atom is -0.330 e. The Balaban J connectivity index is 1.65. The maximum atomic E-state index is 5.69. The van der Waals surface area contributed by atoms with E-state index in [0.717, 1.165) is 36.1 Å². The minimum atomic E-state index is 0.925. The standard InChI is InChI=1S/C11H19N/c12-6-9-5-11(9)10-4-7-1-2-8(10)3-7/h7-11H,1-6,12H2/t7?,8?,9-,10?,11+/m0/s1. The smallest absolute Gasteiger partial charge is 0.00460 e. The molecule has 3 rings (SSSR count). The van der Waals surface area contributed by atoms with Crippen LogP contribution in [0.15, 0.2) is 0 Å². The van der Waals surface area contributed by atoms with Gasteiger partial charge < -0.3 is 5.73 Å². The van der Waals surface area contributed by atoms with Crippen LogP contribution in [0.4, 0.5) is 0 Å². The molecule has 0 heterocycles. The van der Waals surface area contributed by atoms with Crippen LogP contribution in [0.25, 0.3) is 0 Å². The molecule has 1 heteroatoms. The first-order chi connectivity index (χ1) is 5.88. The van der Waals surface area contributed by atoms with Gasteiger partial charge in [-0.1, -0.05) is 6.42 Å². The van der Waals surface area contributed by atoms with Crippen molar-refractivity contribution < 1.29 is 0 Å². The largest absolute Gasteiger partial charge is 0.330 e. The van der Waals surface area contributed by atoms with Gasteiger partial charge in [0.15, 0.2) is 0 Å². The molecule has 0 radical (unpaired) electrons. The van der Waals surface area contributed by atoms with Crippen molar-refractivity contribution in [3.05, 3.63) is 0 Å². The van der Waals surface area contributed by atoms with Crippen molar-refractivity contribution in [2.24, 2.45) is 35.3 Å². The molecule has 0 saturated heterocycles. The monoisotopic (exact) mass is 165 g/mol. The Morgan fingerprint density at radius 1 is 1.00 bits per heavy atom. The number of fused-ring (bicyclic) bond motifs is 2. The molecule has 2 N–H and O–H groups in total. The first-order valence-corrected chi connectivity index (χ1v) is 5.58. The first-order valence-electron chi connectivity index (χ1n) is 5.58. The van der Waals surface area contributed by atoms with Gasteiger partial charge in [-0.15, -0.1) is 0 Å². The molecule has 0 aliphatic heterocycles. The van der Waals surface area contributed by atoms with Crippen molar-refractivity contribution in [3.63, 3.8) is 0 Å². The van der Waals surface area contributed by atoms with Crippen molar-refractivity contribution in [1.29, 1.82) is 0 Å². The van der Waals surface area contributed by atoms with E-state index in [4.69, 9.17) is 5.73 Å². The van der Waals surface area contributed by atoms with Gasteiger partial charge in [0, 0.05) is 0 Å². The third kappa shape index (κ3) is 0.953. The summed E-state index contributed by atoms with van der Waals surface area (Å²) in [7, 11) is 0. The molecule has 3 aliphatic rings. The van der Waals surface area contributed by atoms with E-state index < -0.39 is 0 Å². The van der Waals surface area contributed by atoms with Gasteiger partial charge in [0.25, 0.3) is 0 Å². The number of hydrogen-bond acceptors (Lipinski definition) is 1. The van der Waals surface area contributed by atoms with Gasteiger partial charge in [-0.25, -0.2) is 0 Å². The van der Waals surface area contributed by atoms with Gasteiger partial charge >= 0.3 is 0 Å². The van der Waals surface area contributed by atoms with Crippen molar-refractivity contribution in [2.45, 2.75) is 32.1 Å². The molecule has 0 amide bonds. The molecular formula is C11H19N. The Kier molecular flexibility index (Phi) is 1.52. The lowest BCUT2D eigenvalue weighted by Gasteiger charge is -2.21. The zero-order valence-electron chi connectivity index (χ0n) is 7.71. The average Bonchev–Trinajstić information content (AvgIpc) is 2.59. The molecule has 3 unspecified atom stereocenters. The van der Waals surface area contributed by atoms with Gasteiger partial charge in [0.1, 0.15) is 0 Å². The van der Waals surface area contributed by atoms with E-state index in [-0.39, 0.29) is 0 Å². The topological polar surface area (TPSA) is 26.0 Å². The summed E-state index contributed by atoms with van der Waals surface area (Å²) in [5.41, 5.74) is 5.69. The normalized spacial score (nSPS) is 56.2. The molecule has 0 aromatic rings. The lowest BCUT2D eigenvalue weighted by Crippen LogP contribution is -2.15. The summed E-state index contributed by atoms with van der Waals surface area (Å²) < 4.78 is 0. The van der Waals surface area contributed by atoms with E-state index in [1.165, 1.54) is 6.42 Å². The molecule has 12 heavy (non-hydrogen) atoms. The van der Waals surface area contributed by atoms with Gasteiger partial charge in [-0.2, -0.15) is 0 Å². The van der Waals surface area contributed by atoms with E-state index in [1.54, 1.807) is 25.7 Å². The molecule has 0 aromatic carbocycles. The van der Waals surface area contributed by atoms with E-state index in [9.17, 15) is 0 Å². The van der Waals surface area contributed by atoms with Crippen molar-refractivity contribution >= 4 is 0 Å². The Labute approximate surface area is 74.7 Å². The molecular weight excluding hydrogens is 146 g/mol. The predicted molar refractivity (Wildman–Crippen MR) is 49.6 cm³/mol. The average molecular weight is 165 g/mol. The summed E-state index contributed by atoms with van der Waals surface area (Å²) in [4.78, 5) is 0. The highest BCUT2D eigenvalue weighted by Gasteiger charge is 2.50. The summed E-state index contributed by atoms with van der Waals surface area (Å²) in [6.45, 7) is 0.957. The van der Waals surface area contributed by atoms with Crippen LogP contribution in [-0.2, 0) is 0 Å². The highest BCUT2D eigenvalue weighted by atomic mass is 14.6. The third-order valence-corrected chi connectivity index (χ3v) is 4.62. The fourth-order valence-electron chi connectivity index (χ4n) is 3.88. The molecule has 3 aliphatic carbocycles. The van der Waals surface area contributed by atoms with Crippen LogP contribution in [0.2, 0.25) is 0 Å². The molecule has 1 nitrogen and oxygen atoms in total. The van der Waals surface area contributed by atoms with E-state index >= 15 is 0 Å². The molecule has 68 valence electrons. The highest BCUT2D eigenvalue weighted by Crippen LogP contribution is 2.58. The maximum absolute atomic E-state index is 5.69. The Morgan fingerprint density at radius 2 is 1.92 bits per heavy atom. The summed E-state index contributed by atoms with van der Waals surface area (Å²) in [5.74, 6) is 5.34. The Morgan fingerprint density at radius 3 is 2.42 bits per heavy atom. The van der Waals surface area contributed by atoms with Crippen LogP contribution < -0.4 is 5.73 Å². The minimum absolute atomic E-state index is 0.925. The van der Waals surface area contributed by atoms with Gasteiger partial charge in [-0.3, -0.25) is 0 Å². The van der Waals surface area contributed by atoms with Crippen LogP contribution in [-0.4, -0.2) is 6.54 Å². The molecule has 3 saturated carbocycles. The lowest BCUT2D eigenvalue weighted by atomic mass is 9.84. The summed E-state index contributed by atoms with van der Waals surface area (Å²) >= 11 is 0. The van der Waals surface area contributed by atoms with Gasteiger partial charge in [0.05, 0.1) is 0 Å². The summed E-state index contributed by atoms with van der Waals surface area (Å²) in [6, 6.07) is 0. The third-order valence-electron chi connectivity index (χ3n) is 4.62. The molecule has 2 bridgehead atoms. The summed E-state index contributed by atoms with van der Waals surface area (Å²) in [5, 5.41) is 0. The maximum Gasteiger partial charge on any atom is -0.00460 e. The second kappa shape index (κ2) is 2.47. The van der Waals surface area contributed by atoms with Crippen LogP contribution in [0.1, 0.15) is 32.1 Å². The second-order valence-corrected chi connectivity index (χ2v) is 5.23. The quantitative estimate of drug-likeness (QED) is 0.665. The lowest BCUT2D eigenvalue weighted by molar-refractivity contribution is 0.286. The molecule has 0 aromatic heterocycles. The van der Waals surface area contributed by atoms with Crippen LogP contribution in [0.5, 0.6) is 0 Å².